The van der Waals surface area contributed by atoms with E-state index < -0.39 is 11.7 Å². The lowest BCUT2D eigenvalue weighted by Crippen LogP contribution is -2.27. The minimum atomic E-state index is -0.725. The Balaban J connectivity index is 0.000000440. The summed E-state index contributed by atoms with van der Waals surface area (Å²) in [5.74, 6) is 1.73. The van der Waals surface area contributed by atoms with Crippen LogP contribution in [0.4, 0.5) is 4.79 Å². The van der Waals surface area contributed by atoms with Crippen molar-refractivity contribution in [2.45, 2.75) is 53.6 Å². The number of nitrogens with zero attached hydrogens (tertiary/aromatic N) is 3. The molecule has 0 aliphatic carbocycles. The van der Waals surface area contributed by atoms with E-state index in [1.807, 2.05) is 36.4 Å². The van der Waals surface area contributed by atoms with Gasteiger partial charge in [0.15, 0.2) is 0 Å². The van der Waals surface area contributed by atoms with Crippen molar-refractivity contribution in [1.29, 1.82) is 5.26 Å². The van der Waals surface area contributed by atoms with Crippen molar-refractivity contribution in [3.8, 4) is 22.9 Å². The summed E-state index contributed by atoms with van der Waals surface area (Å²) in [6, 6.07) is 13.7. The predicted octanol–water partition coefficient (Wildman–Crippen LogP) is 6.11. The Bertz CT molecular complexity index is 1140. The molecule has 1 aromatic carbocycles. The van der Waals surface area contributed by atoms with Crippen molar-refractivity contribution in [2.75, 3.05) is 6.61 Å². The Morgan fingerprint density at radius 2 is 1.85 bits per heavy atom. The molecule has 7 heteroatoms. The molecule has 0 spiro atoms. The second kappa shape index (κ2) is 12.0. The van der Waals surface area contributed by atoms with Crippen molar-refractivity contribution >= 4 is 17.1 Å². The highest BCUT2D eigenvalue weighted by Gasteiger charge is 2.13. The first-order valence-corrected chi connectivity index (χ1v) is 11.4. The molecule has 3 aromatic rings. The largest absolute Gasteiger partial charge is 0.492 e. The second-order valence-corrected chi connectivity index (χ2v) is 9.63. The van der Waals surface area contributed by atoms with E-state index in [4.69, 9.17) is 10.5 Å². The lowest BCUT2D eigenvalue weighted by atomic mass is 9.99. The van der Waals surface area contributed by atoms with Gasteiger partial charge < -0.3 is 15.2 Å². The normalized spacial score (nSPS) is 11.8. The number of hydrogen-bond acceptors (Lipinski definition) is 6. The summed E-state index contributed by atoms with van der Waals surface area (Å²) in [5, 5.41) is 9.56. The minimum absolute atomic E-state index is 0.453. The lowest BCUT2D eigenvalue weighted by Gasteiger charge is -2.16. The highest BCUT2D eigenvalue weighted by molar-refractivity contribution is 5.91. The van der Waals surface area contributed by atoms with E-state index in [1.54, 1.807) is 33.2 Å². The first-order chi connectivity index (χ1) is 16.0. The van der Waals surface area contributed by atoms with Crippen molar-refractivity contribution < 1.29 is 14.3 Å². The van der Waals surface area contributed by atoms with Crippen LogP contribution in [-0.4, -0.2) is 28.3 Å². The molecule has 2 aromatic heterocycles. The number of ether oxygens (including phenoxy) is 2. The first kappa shape index (κ1) is 26.6. The van der Waals surface area contributed by atoms with Crippen molar-refractivity contribution in [1.82, 2.24) is 9.97 Å². The zero-order chi connectivity index (χ0) is 25.3. The third-order valence-corrected chi connectivity index (χ3v) is 4.71. The molecular weight excluding hydrogens is 428 g/mol. The molecule has 1 atom stereocenters. The van der Waals surface area contributed by atoms with Crippen LogP contribution in [0.15, 0.2) is 48.8 Å². The fourth-order valence-electron chi connectivity index (χ4n) is 3.53. The zero-order valence-corrected chi connectivity index (χ0v) is 20.8. The van der Waals surface area contributed by atoms with Crippen molar-refractivity contribution in [3.63, 3.8) is 0 Å². The Morgan fingerprint density at radius 3 is 2.44 bits per heavy atom. The van der Waals surface area contributed by atoms with Crippen molar-refractivity contribution in [3.05, 3.63) is 54.4 Å². The standard InChI is InChI=1S/C22H23N3O.C5H11NO2/c1-15(2)11-16(3)14-26-21-7-6-17(12-18(21)13-23)19-8-10-24-20-5-4-9-25-22(19)20;1-5(2,3)8-4(6)7/h4-10,12,15-16H,11,14H2,1-3H3;1-3H3,(H2,6,7). The Morgan fingerprint density at radius 1 is 1.12 bits per heavy atom. The smallest absolute Gasteiger partial charge is 0.405 e. The van der Waals surface area contributed by atoms with Gasteiger partial charge in [-0.05, 0) is 74.9 Å². The summed E-state index contributed by atoms with van der Waals surface area (Å²) in [6.45, 7) is 12.5. The fourth-order valence-corrected chi connectivity index (χ4v) is 3.53. The van der Waals surface area contributed by atoms with Crippen LogP contribution < -0.4 is 10.5 Å². The van der Waals surface area contributed by atoms with Crippen LogP contribution in [0, 0.1) is 23.2 Å². The Labute approximate surface area is 201 Å². The topological polar surface area (TPSA) is 111 Å². The number of primary amides is 1. The second-order valence-electron chi connectivity index (χ2n) is 9.63. The molecule has 1 unspecified atom stereocenters. The number of fused-ring (bicyclic) bond motifs is 1. The van der Waals surface area contributed by atoms with Gasteiger partial charge in [-0.25, -0.2) is 4.79 Å². The van der Waals surface area contributed by atoms with Crippen LogP contribution in [0.3, 0.4) is 0 Å². The number of carbonyl (C=O) groups is 1. The summed E-state index contributed by atoms with van der Waals surface area (Å²) in [4.78, 5) is 18.8. The molecule has 0 radical (unpaired) electrons. The number of nitriles is 1. The van der Waals surface area contributed by atoms with Gasteiger partial charge in [0.05, 0.1) is 23.2 Å². The summed E-state index contributed by atoms with van der Waals surface area (Å²) in [5.41, 5.74) is 8.38. The van der Waals surface area contributed by atoms with Gasteiger partial charge in [-0.2, -0.15) is 5.26 Å². The average Bonchev–Trinajstić information content (AvgIpc) is 2.75. The predicted molar refractivity (Wildman–Crippen MR) is 134 cm³/mol. The molecule has 0 aliphatic heterocycles. The molecule has 2 heterocycles. The first-order valence-electron chi connectivity index (χ1n) is 11.4. The lowest BCUT2D eigenvalue weighted by molar-refractivity contribution is 0.0600. The third kappa shape index (κ3) is 8.36. The quantitative estimate of drug-likeness (QED) is 0.473. The average molecular weight is 463 g/mol. The molecule has 0 saturated heterocycles. The number of aromatic nitrogens is 2. The summed E-state index contributed by atoms with van der Waals surface area (Å²) in [7, 11) is 0. The number of nitrogens with two attached hydrogens (primary N) is 1. The van der Waals surface area contributed by atoms with E-state index in [9.17, 15) is 10.1 Å². The molecular formula is C27H34N4O3. The van der Waals surface area contributed by atoms with Gasteiger partial charge in [-0.15, -0.1) is 0 Å². The number of carbonyl (C=O) groups excluding carboxylic acids is 1. The number of rotatable bonds is 6. The molecule has 180 valence electrons. The highest BCUT2D eigenvalue weighted by atomic mass is 16.6. The number of amides is 1. The van der Waals surface area contributed by atoms with Gasteiger partial charge in [0.25, 0.3) is 0 Å². The van der Waals surface area contributed by atoms with Crippen molar-refractivity contribution in [2.24, 2.45) is 17.6 Å². The van der Waals surface area contributed by atoms with Crippen LogP contribution in [-0.2, 0) is 4.74 Å². The Hall–Kier alpha value is -3.66. The van der Waals surface area contributed by atoms with Crippen LogP contribution >= 0.6 is 0 Å². The van der Waals surface area contributed by atoms with Gasteiger partial charge >= 0.3 is 6.09 Å². The monoisotopic (exact) mass is 462 g/mol. The maximum absolute atomic E-state index is 10.0. The van der Waals surface area contributed by atoms with E-state index in [-0.39, 0.29) is 0 Å². The summed E-state index contributed by atoms with van der Waals surface area (Å²) in [6.07, 6.45) is 3.90. The number of benzene rings is 1. The van der Waals surface area contributed by atoms with E-state index >= 15 is 0 Å². The zero-order valence-electron chi connectivity index (χ0n) is 20.8. The van der Waals surface area contributed by atoms with Crippen LogP contribution in [0.5, 0.6) is 5.75 Å². The van der Waals surface area contributed by atoms with Crippen LogP contribution in [0.2, 0.25) is 0 Å². The third-order valence-electron chi connectivity index (χ3n) is 4.71. The molecule has 34 heavy (non-hydrogen) atoms. The van der Waals surface area contributed by atoms with Gasteiger partial charge in [-0.1, -0.05) is 26.8 Å². The van der Waals surface area contributed by atoms with Gasteiger partial charge in [0.2, 0.25) is 0 Å². The summed E-state index contributed by atoms with van der Waals surface area (Å²) < 4.78 is 10.5. The fraction of sp³-hybridized carbons (Fsp3) is 0.407. The van der Waals surface area contributed by atoms with Gasteiger partial charge in [-0.3, -0.25) is 9.97 Å². The summed E-state index contributed by atoms with van der Waals surface area (Å²) >= 11 is 0. The molecule has 2 N–H and O–H groups in total. The van der Waals surface area contributed by atoms with E-state index in [0.717, 1.165) is 28.6 Å². The maximum Gasteiger partial charge on any atom is 0.405 e. The number of hydrogen-bond donors (Lipinski definition) is 1. The molecule has 0 fully saturated rings. The van der Waals surface area contributed by atoms with E-state index in [1.165, 1.54) is 0 Å². The van der Waals surface area contributed by atoms with E-state index in [0.29, 0.717) is 29.8 Å². The molecule has 0 saturated carbocycles. The highest BCUT2D eigenvalue weighted by Crippen LogP contribution is 2.30. The molecule has 0 aliphatic rings. The minimum Gasteiger partial charge on any atom is -0.492 e. The number of pyridine rings is 2. The van der Waals surface area contributed by atoms with Crippen LogP contribution in [0.1, 0.15) is 53.5 Å². The molecule has 0 bridgehead atoms. The van der Waals surface area contributed by atoms with E-state index in [2.05, 4.69) is 41.5 Å². The molecule has 1 amide bonds. The Kier molecular flexibility index (Phi) is 9.37. The molecule has 7 nitrogen and oxygen atoms in total. The van der Waals surface area contributed by atoms with Crippen LogP contribution in [0.25, 0.3) is 22.2 Å². The van der Waals surface area contributed by atoms with Gasteiger partial charge in [0, 0.05) is 18.0 Å². The van der Waals surface area contributed by atoms with Gasteiger partial charge in [0.1, 0.15) is 17.4 Å². The SMILES string of the molecule is CC(C)(C)OC(N)=O.CC(C)CC(C)COc1ccc(-c2ccnc3cccnc23)cc1C#N. The molecule has 3 rings (SSSR count). The maximum atomic E-state index is 10.0.